The molecule has 4 heteroatoms. The van der Waals surface area contributed by atoms with E-state index in [-0.39, 0.29) is 0 Å². The van der Waals surface area contributed by atoms with Gasteiger partial charge in [0.1, 0.15) is 0 Å². The first-order chi connectivity index (χ1) is 10.8. The number of aryl methyl sites for hydroxylation is 1. The highest BCUT2D eigenvalue weighted by Gasteiger charge is 2.11. The van der Waals surface area contributed by atoms with Crippen LogP contribution in [0.15, 0.2) is 48.7 Å². The molecule has 0 saturated carbocycles. The zero-order chi connectivity index (χ0) is 15.4. The quantitative estimate of drug-likeness (QED) is 0.739. The van der Waals surface area contributed by atoms with E-state index in [1.54, 1.807) is 10.7 Å². The Kier molecular flexibility index (Phi) is 3.97. The molecule has 0 aliphatic carbocycles. The monoisotopic (exact) mass is 288 g/mol. The van der Waals surface area contributed by atoms with Crippen LogP contribution in [0.3, 0.4) is 0 Å². The Labute approximate surface area is 129 Å². The fourth-order valence-electron chi connectivity index (χ4n) is 2.46. The highest BCUT2D eigenvalue weighted by Crippen LogP contribution is 2.16. The maximum atomic E-state index is 8.93. The first-order valence-electron chi connectivity index (χ1n) is 7.20. The lowest BCUT2D eigenvalue weighted by Gasteiger charge is -1.99. The summed E-state index contributed by atoms with van der Waals surface area (Å²) in [6.07, 6.45) is 7.12. The fourth-order valence-corrected chi connectivity index (χ4v) is 2.46. The number of hydrogen-bond donors (Lipinski definition) is 0. The van der Waals surface area contributed by atoms with E-state index in [0.29, 0.717) is 6.42 Å². The molecule has 1 aromatic carbocycles. The lowest BCUT2D eigenvalue weighted by molar-refractivity contribution is 0.874. The van der Waals surface area contributed by atoms with Gasteiger partial charge in [0.25, 0.3) is 0 Å². The molecule has 0 unspecified atom stereocenters. The molecule has 22 heavy (non-hydrogen) atoms. The van der Waals surface area contributed by atoms with Crippen molar-refractivity contribution in [3.8, 4) is 6.07 Å². The van der Waals surface area contributed by atoms with Gasteiger partial charge in [0, 0.05) is 11.8 Å². The molecule has 0 bridgehead atoms. The van der Waals surface area contributed by atoms with Crippen LogP contribution in [-0.2, 0) is 12.8 Å². The molecule has 0 fully saturated rings. The third-order valence-electron chi connectivity index (χ3n) is 3.58. The Balaban J connectivity index is 1.91. The third kappa shape index (κ3) is 2.75. The molecule has 3 rings (SSSR count). The Morgan fingerprint density at radius 2 is 2.05 bits per heavy atom. The third-order valence-corrected chi connectivity index (χ3v) is 3.58. The van der Waals surface area contributed by atoms with E-state index >= 15 is 0 Å². The second-order valence-corrected chi connectivity index (χ2v) is 5.09. The number of fused-ring (bicyclic) bond motifs is 1. The standard InChI is InChI=1S/C18H16N4/c1-14-17(10-12-19)22-18(21-14)16(11-13-20-22)9-5-8-15-6-3-2-4-7-15/h2-7,9,11,13H,8,10H2,1H3/b9-5+. The topological polar surface area (TPSA) is 54.0 Å². The summed E-state index contributed by atoms with van der Waals surface area (Å²) < 4.78 is 1.76. The maximum absolute atomic E-state index is 8.93. The summed E-state index contributed by atoms with van der Waals surface area (Å²) in [7, 11) is 0. The first-order valence-corrected chi connectivity index (χ1v) is 7.20. The molecule has 0 atom stereocenters. The van der Waals surface area contributed by atoms with Gasteiger partial charge >= 0.3 is 0 Å². The number of nitrogens with zero attached hydrogens (tertiary/aromatic N) is 4. The number of benzene rings is 1. The maximum Gasteiger partial charge on any atom is 0.161 e. The zero-order valence-corrected chi connectivity index (χ0v) is 12.4. The Morgan fingerprint density at radius 1 is 1.23 bits per heavy atom. The highest BCUT2D eigenvalue weighted by molar-refractivity contribution is 5.66. The van der Waals surface area contributed by atoms with Crippen molar-refractivity contribution in [3.63, 3.8) is 0 Å². The van der Waals surface area contributed by atoms with Crippen molar-refractivity contribution >= 4 is 11.7 Å². The molecule has 2 aromatic heterocycles. The van der Waals surface area contributed by atoms with Crippen molar-refractivity contribution in [1.29, 1.82) is 5.26 Å². The number of allylic oxidation sites excluding steroid dienone is 1. The van der Waals surface area contributed by atoms with Gasteiger partial charge in [-0.1, -0.05) is 42.5 Å². The average Bonchev–Trinajstić information content (AvgIpc) is 2.86. The molecule has 0 saturated heterocycles. The Bertz CT molecular complexity index is 854. The summed E-state index contributed by atoms with van der Waals surface area (Å²) in [5.41, 5.74) is 4.80. The summed E-state index contributed by atoms with van der Waals surface area (Å²) >= 11 is 0. The number of aromatic nitrogens is 3. The number of rotatable bonds is 4. The van der Waals surface area contributed by atoms with Crippen LogP contribution in [0, 0.1) is 18.3 Å². The number of imidazole rings is 1. The molecule has 0 amide bonds. The van der Waals surface area contributed by atoms with E-state index in [4.69, 9.17) is 5.26 Å². The molecule has 0 radical (unpaired) electrons. The normalized spacial score (nSPS) is 11.1. The van der Waals surface area contributed by atoms with E-state index in [9.17, 15) is 0 Å². The smallest absolute Gasteiger partial charge is 0.161 e. The van der Waals surface area contributed by atoms with Crippen LogP contribution in [0.4, 0.5) is 0 Å². The van der Waals surface area contributed by atoms with Crippen molar-refractivity contribution in [3.05, 3.63) is 71.2 Å². The lowest BCUT2D eigenvalue weighted by Crippen LogP contribution is -1.98. The van der Waals surface area contributed by atoms with Crippen LogP contribution in [0.1, 0.15) is 22.5 Å². The zero-order valence-electron chi connectivity index (χ0n) is 12.4. The molecule has 3 aromatic rings. The van der Waals surface area contributed by atoms with Gasteiger partial charge in [-0.05, 0) is 25.0 Å². The molecule has 0 aliphatic heterocycles. The molecule has 108 valence electrons. The first kappa shape index (κ1) is 14.0. The summed E-state index contributed by atoms with van der Waals surface area (Å²) in [6, 6.07) is 14.4. The van der Waals surface area contributed by atoms with Gasteiger partial charge in [-0.2, -0.15) is 10.4 Å². The predicted octanol–water partition coefficient (Wildman–Crippen LogP) is 3.36. The Morgan fingerprint density at radius 3 is 2.82 bits per heavy atom. The van der Waals surface area contributed by atoms with Crippen LogP contribution < -0.4 is 0 Å². The summed E-state index contributed by atoms with van der Waals surface area (Å²) in [5, 5.41) is 13.2. The van der Waals surface area contributed by atoms with Gasteiger partial charge in [0.15, 0.2) is 5.65 Å². The summed E-state index contributed by atoms with van der Waals surface area (Å²) in [5.74, 6) is 0. The van der Waals surface area contributed by atoms with E-state index in [2.05, 4.69) is 40.4 Å². The molecule has 0 N–H and O–H groups in total. The van der Waals surface area contributed by atoms with E-state index in [1.807, 2.05) is 31.2 Å². The fraction of sp³-hybridized carbons (Fsp3) is 0.167. The second-order valence-electron chi connectivity index (χ2n) is 5.09. The molecule has 0 spiro atoms. The minimum Gasteiger partial charge on any atom is -0.231 e. The van der Waals surface area contributed by atoms with Crippen molar-refractivity contribution in [2.24, 2.45) is 0 Å². The van der Waals surface area contributed by atoms with Gasteiger partial charge in [-0.25, -0.2) is 9.50 Å². The number of nitriles is 1. The largest absolute Gasteiger partial charge is 0.231 e. The predicted molar refractivity (Wildman–Crippen MR) is 86.2 cm³/mol. The van der Waals surface area contributed by atoms with Gasteiger partial charge in [-0.3, -0.25) is 0 Å². The molecular formula is C18H16N4. The van der Waals surface area contributed by atoms with Crippen LogP contribution in [0.5, 0.6) is 0 Å². The number of hydrogen-bond acceptors (Lipinski definition) is 3. The van der Waals surface area contributed by atoms with Gasteiger partial charge in [0.05, 0.1) is 23.9 Å². The lowest BCUT2D eigenvalue weighted by atomic mass is 10.1. The molecule has 0 aliphatic rings. The van der Waals surface area contributed by atoms with E-state index < -0.39 is 0 Å². The van der Waals surface area contributed by atoms with Crippen molar-refractivity contribution in [2.75, 3.05) is 0 Å². The van der Waals surface area contributed by atoms with Gasteiger partial charge in [0.2, 0.25) is 0 Å². The van der Waals surface area contributed by atoms with E-state index in [0.717, 1.165) is 29.0 Å². The SMILES string of the molecule is Cc1nc2c(/C=C/Cc3ccccc3)ccnn2c1CC#N. The van der Waals surface area contributed by atoms with Gasteiger partial charge in [-0.15, -0.1) is 0 Å². The minimum atomic E-state index is 0.317. The van der Waals surface area contributed by atoms with E-state index in [1.165, 1.54) is 5.56 Å². The highest BCUT2D eigenvalue weighted by atomic mass is 15.3. The van der Waals surface area contributed by atoms with Crippen LogP contribution >= 0.6 is 0 Å². The molecular weight excluding hydrogens is 272 g/mol. The minimum absolute atomic E-state index is 0.317. The molecule has 2 heterocycles. The Hall–Kier alpha value is -2.93. The van der Waals surface area contributed by atoms with Crippen LogP contribution in [0.25, 0.3) is 11.7 Å². The second kappa shape index (κ2) is 6.23. The van der Waals surface area contributed by atoms with Crippen molar-refractivity contribution in [1.82, 2.24) is 14.6 Å². The molecule has 4 nitrogen and oxygen atoms in total. The van der Waals surface area contributed by atoms with Crippen LogP contribution in [0.2, 0.25) is 0 Å². The average molecular weight is 288 g/mol. The van der Waals surface area contributed by atoms with Crippen LogP contribution in [-0.4, -0.2) is 14.6 Å². The summed E-state index contributed by atoms with van der Waals surface area (Å²) in [6.45, 7) is 1.92. The van der Waals surface area contributed by atoms with Crippen molar-refractivity contribution < 1.29 is 0 Å². The summed E-state index contributed by atoms with van der Waals surface area (Å²) in [4.78, 5) is 4.56. The van der Waals surface area contributed by atoms with Gasteiger partial charge < -0.3 is 0 Å². The van der Waals surface area contributed by atoms with Crippen molar-refractivity contribution in [2.45, 2.75) is 19.8 Å².